The summed E-state index contributed by atoms with van der Waals surface area (Å²) in [4.78, 5) is 16.4. The van der Waals surface area contributed by atoms with E-state index in [-0.39, 0.29) is 29.5 Å². The average Bonchev–Trinajstić information content (AvgIpc) is 3.03. The molecule has 2 rings (SSSR count). The Bertz CT molecular complexity index is 623. The standard InChI is InChI=1S/C16H19BrFNO5/c1-3-4-5-22-14-8-24-19-16(14)10-6-11(17)12(18)7-13(10)23-9-15(20)21-2/h6-7,14H,3-5,8-9H2,1-2H3. The van der Waals surface area contributed by atoms with Gasteiger partial charge in [-0.2, -0.15) is 0 Å². The molecule has 0 bridgehead atoms. The maximum absolute atomic E-state index is 13.9. The molecule has 6 nitrogen and oxygen atoms in total. The van der Waals surface area contributed by atoms with Crippen LogP contribution in [0.2, 0.25) is 0 Å². The topological polar surface area (TPSA) is 66.3 Å². The number of carbonyl (C=O) groups excluding carboxylic acids is 1. The molecule has 1 heterocycles. The van der Waals surface area contributed by atoms with Crippen LogP contribution in [0.5, 0.6) is 5.75 Å². The second-order valence-corrected chi connectivity index (χ2v) is 5.97. The third kappa shape index (κ3) is 4.67. The molecule has 1 aliphatic rings. The fourth-order valence-electron chi connectivity index (χ4n) is 2.08. The molecule has 0 N–H and O–H groups in total. The van der Waals surface area contributed by atoms with Gasteiger partial charge in [-0.15, -0.1) is 0 Å². The molecule has 0 fully saturated rings. The van der Waals surface area contributed by atoms with E-state index in [0.717, 1.165) is 12.8 Å². The van der Waals surface area contributed by atoms with E-state index >= 15 is 0 Å². The normalized spacial score (nSPS) is 16.5. The monoisotopic (exact) mass is 403 g/mol. The molecule has 8 heteroatoms. The Labute approximate surface area is 148 Å². The third-order valence-electron chi connectivity index (χ3n) is 3.38. The Balaban J connectivity index is 2.23. The lowest BCUT2D eigenvalue weighted by Gasteiger charge is -2.16. The lowest BCUT2D eigenvalue weighted by Crippen LogP contribution is -2.26. The van der Waals surface area contributed by atoms with Gasteiger partial charge in [0.15, 0.2) is 6.61 Å². The fourth-order valence-corrected chi connectivity index (χ4v) is 2.42. The van der Waals surface area contributed by atoms with Crippen LogP contribution in [0.1, 0.15) is 25.3 Å². The zero-order chi connectivity index (χ0) is 17.5. The molecular weight excluding hydrogens is 385 g/mol. The summed E-state index contributed by atoms with van der Waals surface area (Å²) in [6, 6.07) is 2.72. The number of hydrogen-bond donors (Lipinski definition) is 0. The van der Waals surface area contributed by atoms with Gasteiger partial charge >= 0.3 is 5.97 Å². The van der Waals surface area contributed by atoms with Crippen LogP contribution in [0.4, 0.5) is 4.39 Å². The molecule has 1 atom stereocenters. The highest BCUT2D eigenvalue weighted by Crippen LogP contribution is 2.30. The summed E-state index contributed by atoms with van der Waals surface area (Å²) in [6.07, 6.45) is 1.56. The van der Waals surface area contributed by atoms with Crippen LogP contribution in [0.15, 0.2) is 21.8 Å². The molecule has 0 amide bonds. The molecule has 0 aromatic heterocycles. The van der Waals surface area contributed by atoms with E-state index in [0.29, 0.717) is 17.9 Å². The van der Waals surface area contributed by atoms with Gasteiger partial charge in [-0.25, -0.2) is 9.18 Å². The zero-order valence-electron chi connectivity index (χ0n) is 13.5. The highest BCUT2D eigenvalue weighted by atomic mass is 79.9. The molecule has 24 heavy (non-hydrogen) atoms. The minimum absolute atomic E-state index is 0.175. The van der Waals surface area contributed by atoms with Gasteiger partial charge in [-0.05, 0) is 28.4 Å². The molecule has 0 aliphatic carbocycles. The van der Waals surface area contributed by atoms with Crippen LogP contribution in [-0.2, 0) is 19.1 Å². The molecule has 0 radical (unpaired) electrons. The van der Waals surface area contributed by atoms with Crippen molar-refractivity contribution in [1.82, 2.24) is 0 Å². The van der Waals surface area contributed by atoms with Gasteiger partial charge in [0, 0.05) is 18.2 Å². The molecule has 1 aliphatic heterocycles. The number of benzene rings is 1. The number of oxime groups is 1. The highest BCUT2D eigenvalue weighted by Gasteiger charge is 2.29. The molecule has 0 saturated heterocycles. The first kappa shape index (κ1) is 18.7. The number of unbranched alkanes of at least 4 members (excludes halogenated alkanes) is 1. The van der Waals surface area contributed by atoms with Gasteiger partial charge in [0.2, 0.25) is 0 Å². The van der Waals surface area contributed by atoms with Crippen LogP contribution in [0, 0.1) is 5.82 Å². The Morgan fingerprint density at radius 2 is 2.29 bits per heavy atom. The first-order valence-corrected chi connectivity index (χ1v) is 8.36. The maximum Gasteiger partial charge on any atom is 0.343 e. The van der Waals surface area contributed by atoms with Crippen LogP contribution in [0.25, 0.3) is 0 Å². The second-order valence-electron chi connectivity index (χ2n) is 5.11. The van der Waals surface area contributed by atoms with Gasteiger partial charge in [0.05, 0.1) is 11.6 Å². The Hall–Kier alpha value is -1.67. The highest BCUT2D eigenvalue weighted by molar-refractivity contribution is 9.10. The summed E-state index contributed by atoms with van der Waals surface area (Å²) in [5.41, 5.74) is 1.01. The van der Waals surface area contributed by atoms with E-state index in [9.17, 15) is 9.18 Å². The summed E-state index contributed by atoms with van der Waals surface area (Å²) in [5.74, 6) is -0.902. The largest absolute Gasteiger partial charge is 0.481 e. The van der Waals surface area contributed by atoms with Crippen LogP contribution in [-0.4, -0.2) is 44.7 Å². The number of ether oxygens (including phenoxy) is 3. The number of nitrogens with zero attached hydrogens (tertiary/aromatic N) is 1. The quantitative estimate of drug-likeness (QED) is 0.492. The molecule has 1 aromatic rings. The number of hydrogen-bond acceptors (Lipinski definition) is 6. The van der Waals surface area contributed by atoms with Crippen molar-refractivity contribution in [3.8, 4) is 5.75 Å². The van der Waals surface area contributed by atoms with E-state index in [2.05, 4.69) is 32.7 Å². The molecule has 0 saturated carbocycles. The number of methoxy groups -OCH3 is 1. The molecule has 0 spiro atoms. The van der Waals surface area contributed by atoms with Gasteiger partial charge in [0.25, 0.3) is 0 Å². The van der Waals surface area contributed by atoms with Gasteiger partial charge < -0.3 is 19.0 Å². The fraction of sp³-hybridized carbons (Fsp3) is 0.500. The van der Waals surface area contributed by atoms with Crippen molar-refractivity contribution in [3.63, 3.8) is 0 Å². The maximum atomic E-state index is 13.9. The summed E-state index contributed by atoms with van der Waals surface area (Å²) in [6.45, 7) is 2.59. The van der Waals surface area contributed by atoms with Crippen LogP contribution >= 0.6 is 15.9 Å². The first-order chi connectivity index (χ1) is 11.6. The SMILES string of the molecule is CCCCOC1CON=C1c1cc(Br)c(F)cc1OCC(=O)OC. The lowest BCUT2D eigenvalue weighted by atomic mass is 10.0. The van der Waals surface area contributed by atoms with E-state index in [4.69, 9.17) is 14.3 Å². The number of halogens is 2. The van der Waals surface area contributed by atoms with E-state index in [1.165, 1.54) is 19.2 Å². The molecule has 132 valence electrons. The van der Waals surface area contributed by atoms with E-state index in [1.54, 1.807) is 0 Å². The molecular formula is C16H19BrFNO5. The smallest absolute Gasteiger partial charge is 0.343 e. The van der Waals surface area contributed by atoms with Crippen molar-refractivity contribution in [2.75, 3.05) is 26.9 Å². The molecule has 1 aromatic carbocycles. The summed E-state index contributed by atoms with van der Waals surface area (Å²) in [5, 5.41) is 4.00. The zero-order valence-corrected chi connectivity index (χ0v) is 15.1. The predicted molar refractivity (Wildman–Crippen MR) is 88.7 cm³/mol. The number of esters is 1. The van der Waals surface area contributed by atoms with Gasteiger partial charge in [0.1, 0.15) is 30.0 Å². The minimum Gasteiger partial charge on any atom is -0.481 e. The lowest BCUT2D eigenvalue weighted by molar-refractivity contribution is -0.142. The Kier molecular flexibility index (Phi) is 6.99. The summed E-state index contributed by atoms with van der Waals surface area (Å²) in [7, 11) is 1.25. The average molecular weight is 404 g/mol. The summed E-state index contributed by atoms with van der Waals surface area (Å²) >= 11 is 3.15. The van der Waals surface area contributed by atoms with Crippen LogP contribution in [0.3, 0.4) is 0 Å². The minimum atomic E-state index is -0.565. The van der Waals surface area contributed by atoms with Gasteiger partial charge in [-0.3, -0.25) is 0 Å². The van der Waals surface area contributed by atoms with Crippen molar-refractivity contribution in [2.24, 2.45) is 5.16 Å². The predicted octanol–water partition coefficient (Wildman–Crippen LogP) is 3.06. The Morgan fingerprint density at radius 1 is 1.50 bits per heavy atom. The number of rotatable bonds is 8. The number of carbonyl (C=O) groups is 1. The molecule has 1 unspecified atom stereocenters. The van der Waals surface area contributed by atoms with Gasteiger partial charge in [-0.1, -0.05) is 18.5 Å². The van der Waals surface area contributed by atoms with Crippen molar-refractivity contribution in [3.05, 3.63) is 28.0 Å². The van der Waals surface area contributed by atoms with Crippen molar-refractivity contribution in [2.45, 2.75) is 25.9 Å². The Morgan fingerprint density at radius 3 is 3.00 bits per heavy atom. The van der Waals surface area contributed by atoms with Crippen molar-refractivity contribution >= 4 is 27.6 Å². The third-order valence-corrected chi connectivity index (χ3v) is 3.99. The first-order valence-electron chi connectivity index (χ1n) is 7.57. The van der Waals surface area contributed by atoms with E-state index in [1.807, 2.05) is 0 Å². The van der Waals surface area contributed by atoms with E-state index < -0.39 is 11.8 Å². The summed E-state index contributed by atoms with van der Waals surface area (Å²) < 4.78 is 29.8. The van der Waals surface area contributed by atoms with Crippen molar-refractivity contribution in [1.29, 1.82) is 0 Å². The second kappa shape index (κ2) is 8.98. The van der Waals surface area contributed by atoms with Crippen molar-refractivity contribution < 1.29 is 28.2 Å². The van der Waals surface area contributed by atoms with Crippen LogP contribution < -0.4 is 4.74 Å².